The molecule has 2 fully saturated rings. The Morgan fingerprint density at radius 2 is 1.85 bits per heavy atom. The van der Waals surface area contributed by atoms with E-state index in [0.29, 0.717) is 0 Å². The molecule has 1 amide bonds. The number of carbonyl (C=O) groups excluding carboxylic acids is 1. The Balaban J connectivity index is 1.34. The van der Waals surface area contributed by atoms with E-state index in [1.165, 1.54) is 44.3 Å². The van der Waals surface area contributed by atoms with Crippen LogP contribution in [0.15, 0.2) is 53.9 Å². The second-order valence-corrected chi connectivity index (χ2v) is 10.3. The fourth-order valence-electron chi connectivity index (χ4n) is 5.06. The third-order valence-corrected chi connectivity index (χ3v) is 7.32. The van der Waals surface area contributed by atoms with Crippen molar-refractivity contribution in [3.63, 3.8) is 0 Å². The summed E-state index contributed by atoms with van der Waals surface area (Å²) in [7, 11) is 1.30. The molecule has 0 spiro atoms. The molecule has 220 valence electrons. The Labute approximate surface area is 239 Å². The van der Waals surface area contributed by atoms with Crippen LogP contribution in [0.4, 0.5) is 5.69 Å². The molecule has 0 bridgehead atoms. The lowest BCUT2D eigenvalue weighted by Gasteiger charge is -2.40. The summed E-state index contributed by atoms with van der Waals surface area (Å²) in [4.78, 5) is 15.1. The average Bonchev–Trinajstić information content (AvgIpc) is 2.99. The number of hydrogen-bond acceptors (Lipinski definition) is 11. The van der Waals surface area contributed by atoms with Gasteiger partial charge in [-0.15, -0.1) is 0 Å². The van der Waals surface area contributed by atoms with Gasteiger partial charge in [0.25, 0.3) is 5.91 Å². The van der Waals surface area contributed by atoms with E-state index in [1.54, 1.807) is 0 Å². The standard InChI is InChI=1S/C29H38N6O6/c1-40-29-27(38)26(37)25(36)24(41-29)17-35(32)16-22(31)15-33-28(39)21(14-30)12-18-5-6-20-13-23(8-7-19(20)11-18)34-9-3-2-4-10-34/h5-8,11-13,16,24-27,29,36-38H,2-4,9-10,15,17,31-32H2,1H3,(H,33,39)/b21-12+,22-16-. The zero-order valence-corrected chi connectivity index (χ0v) is 23.0. The number of amides is 1. The van der Waals surface area contributed by atoms with Gasteiger partial charge < -0.3 is 45.8 Å². The lowest BCUT2D eigenvalue weighted by molar-refractivity contribution is -0.291. The van der Waals surface area contributed by atoms with E-state index in [1.807, 2.05) is 24.3 Å². The lowest BCUT2D eigenvalue weighted by atomic mass is 9.99. The topological polar surface area (TPSA) is 191 Å². The Kier molecular flexibility index (Phi) is 10.2. The number of nitrogens with zero attached hydrogens (tertiary/aromatic N) is 3. The molecule has 2 aliphatic rings. The highest BCUT2D eigenvalue weighted by Crippen LogP contribution is 2.26. The fourth-order valence-corrected chi connectivity index (χ4v) is 5.06. The number of benzene rings is 2. The predicted molar refractivity (Wildman–Crippen MR) is 153 cm³/mol. The second-order valence-electron chi connectivity index (χ2n) is 10.3. The third kappa shape index (κ3) is 7.53. The van der Waals surface area contributed by atoms with E-state index in [4.69, 9.17) is 21.1 Å². The molecular weight excluding hydrogens is 528 g/mol. The number of aliphatic hydroxyl groups is 3. The monoisotopic (exact) mass is 566 g/mol. The third-order valence-electron chi connectivity index (χ3n) is 7.32. The van der Waals surface area contributed by atoms with Gasteiger partial charge in [-0.25, -0.2) is 5.84 Å². The van der Waals surface area contributed by atoms with E-state index in [9.17, 15) is 25.4 Å². The Hall–Kier alpha value is -3.70. The largest absolute Gasteiger partial charge is 0.399 e. The number of carbonyl (C=O) groups is 1. The molecular formula is C29H38N6O6. The number of rotatable bonds is 9. The van der Waals surface area contributed by atoms with Crippen molar-refractivity contribution in [2.75, 3.05) is 38.2 Å². The quantitative estimate of drug-likeness (QED) is 0.106. The van der Waals surface area contributed by atoms with Crippen molar-refractivity contribution in [1.29, 1.82) is 5.26 Å². The molecule has 8 N–H and O–H groups in total. The summed E-state index contributed by atoms with van der Waals surface area (Å²) < 4.78 is 10.4. The first kappa shape index (κ1) is 30.3. The van der Waals surface area contributed by atoms with Crippen molar-refractivity contribution < 1.29 is 29.6 Å². The first-order valence-electron chi connectivity index (χ1n) is 13.6. The Morgan fingerprint density at radius 1 is 1.15 bits per heavy atom. The molecule has 5 unspecified atom stereocenters. The van der Waals surface area contributed by atoms with Crippen LogP contribution in [-0.4, -0.2) is 90.2 Å². The number of nitrogens with one attached hydrogen (secondary N) is 1. The molecule has 2 aromatic rings. The zero-order valence-electron chi connectivity index (χ0n) is 23.0. The van der Waals surface area contributed by atoms with Gasteiger partial charge in [0, 0.05) is 37.8 Å². The van der Waals surface area contributed by atoms with Crippen molar-refractivity contribution in [1.82, 2.24) is 10.3 Å². The van der Waals surface area contributed by atoms with Gasteiger partial charge in [-0.2, -0.15) is 5.26 Å². The van der Waals surface area contributed by atoms with Gasteiger partial charge in [-0.05, 0) is 59.9 Å². The van der Waals surface area contributed by atoms with Crippen LogP contribution in [-0.2, 0) is 14.3 Å². The maximum absolute atomic E-state index is 12.7. The molecule has 2 heterocycles. The number of hydrazine groups is 1. The van der Waals surface area contributed by atoms with E-state index < -0.39 is 36.6 Å². The molecule has 2 aromatic carbocycles. The van der Waals surface area contributed by atoms with E-state index >= 15 is 0 Å². The summed E-state index contributed by atoms with van der Waals surface area (Å²) in [6, 6.07) is 14.1. The number of piperidine rings is 1. The number of nitriles is 1. The summed E-state index contributed by atoms with van der Waals surface area (Å²) in [5, 5.41) is 45.5. The number of hydrogen-bond donors (Lipinski definition) is 6. The van der Waals surface area contributed by atoms with Crippen molar-refractivity contribution >= 4 is 28.4 Å². The molecule has 0 saturated carbocycles. The summed E-state index contributed by atoms with van der Waals surface area (Å²) in [5.74, 6) is 5.35. The van der Waals surface area contributed by atoms with E-state index in [-0.39, 0.29) is 24.4 Å². The van der Waals surface area contributed by atoms with Crippen LogP contribution < -0.4 is 21.8 Å². The van der Waals surface area contributed by atoms with E-state index in [0.717, 1.165) is 34.4 Å². The van der Waals surface area contributed by atoms with Crippen LogP contribution in [0.2, 0.25) is 0 Å². The molecule has 41 heavy (non-hydrogen) atoms. The van der Waals surface area contributed by atoms with Gasteiger partial charge in [-0.1, -0.05) is 18.2 Å². The molecule has 0 aromatic heterocycles. The van der Waals surface area contributed by atoms with Crippen LogP contribution >= 0.6 is 0 Å². The molecule has 0 radical (unpaired) electrons. The maximum atomic E-state index is 12.7. The first-order chi connectivity index (χ1) is 19.7. The minimum Gasteiger partial charge on any atom is -0.399 e. The average molecular weight is 567 g/mol. The summed E-state index contributed by atoms with van der Waals surface area (Å²) in [5.41, 5.74) is 8.01. The number of anilines is 1. The SMILES string of the molecule is COC1OC(CN(N)/C=C(\N)CNC(=O)/C(C#N)=C/c2ccc3cc(N4CCCCC4)ccc3c2)C(O)C(O)C1O. The zero-order chi connectivity index (χ0) is 29.5. The fraction of sp³-hybridized carbons (Fsp3) is 0.448. The van der Waals surface area contributed by atoms with Gasteiger partial charge in [-0.3, -0.25) is 4.79 Å². The molecule has 0 aliphatic carbocycles. The molecule has 12 heteroatoms. The maximum Gasteiger partial charge on any atom is 0.262 e. The highest BCUT2D eigenvalue weighted by Gasteiger charge is 2.44. The highest BCUT2D eigenvalue weighted by atomic mass is 16.7. The minimum atomic E-state index is -1.48. The second kappa shape index (κ2) is 13.8. The molecule has 2 aliphatic heterocycles. The number of nitrogens with two attached hydrogens (primary N) is 2. The molecule has 12 nitrogen and oxygen atoms in total. The normalized spacial score (nSPS) is 25.6. The predicted octanol–water partition coefficient (Wildman–Crippen LogP) is 0.283. The summed E-state index contributed by atoms with van der Waals surface area (Å²) in [6.07, 6.45) is 0.117. The van der Waals surface area contributed by atoms with Gasteiger partial charge in [0.2, 0.25) is 0 Å². The smallest absolute Gasteiger partial charge is 0.262 e. The molecule has 5 atom stereocenters. The van der Waals surface area contributed by atoms with Gasteiger partial charge >= 0.3 is 0 Å². The van der Waals surface area contributed by atoms with Gasteiger partial charge in [0.05, 0.1) is 13.1 Å². The van der Waals surface area contributed by atoms with Crippen LogP contribution in [0.1, 0.15) is 24.8 Å². The number of fused-ring (bicyclic) bond motifs is 1. The van der Waals surface area contributed by atoms with Gasteiger partial charge in [0.1, 0.15) is 36.1 Å². The van der Waals surface area contributed by atoms with Crippen molar-refractivity contribution in [2.45, 2.75) is 50.0 Å². The number of methoxy groups -OCH3 is 1. The summed E-state index contributed by atoms with van der Waals surface area (Å²) in [6.45, 7) is 1.94. The number of aliphatic hydroxyl groups excluding tert-OH is 3. The highest BCUT2D eigenvalue weighted by molar-refractivity contribution is 6.02. The van der Waals surface area contributed by atoms with Crippen LogP contribution in [0, 0.1) is 11.3 Å². The Bertz CT molecular complexity index is 1320. The van der Waals surface area contributed by atoms with Crippen LogP contribution in [0.5, 0.6) is 0 Å². The van der Waals surface area contributed by atoms with E-state index in [2.05, 4.69) is 28.4 Å². The van der Waals surface area contributed by atoms with Crippen molar-refractivity contribution in [3.05, 3.63) is 59.4 Å². The van der Waals surface area contributed by atoms with Crippen LogP contribution in [0.25, 0.3) is 16.8 Å². The molecule has 4 rings (SSSR count). The minimum absolute atomic E-state index is 0.0800. The summed E-state index contributed by atoms with van der Waals surface area (Å²) >= 11 is 0. The number of ether oxygens (including phenoxy) is 2. The van der Waals surface area contributed by atoms with Gasteiger partial charge in [0.15, 0.2) is 6.29 Å². The van der Waals surface area contributed by atoms with Crippen molar-refractivity contribution in [2.24, 2.45) is 11.6 Å². The van der Waals surface area contributed by atoms with Crippen molar-refractivity contribution in [3.8, 4) is 6.07 Å². The molecule has 2 saturated heterocycles. The first-order valence-corrected chi connectivity index (χ1v) is 13.6. The Morgan fingerprint density at radius 3 is 2.56 bits per heavy atom. The van der Waals surface area contributed by atoms with Crippen LogP contribution in [0.3, 0.4) is 0 Å². The lowest BCUT2D eigenvalue weighted by Crippen LogP contribution is -2.60.